The van der Waals surface area contributed by atoms with Crippen molar-refractivity contribution in [3.05, 3.63) is 23.3 Å². The standard InChI is InChI=1S/C11H19N3O2S/c1-4-5-13-17(15,16)11-8(2)6-10(14-12)7-9(11)3/h6-7,13-14H,4-5,12H2,1-3H3. The maximum Gasteiger partial charge on any atom is 0.241 e. The van der Waals surface area contributed by atoms with Crippen LogP contribution in [0.3, 0.4) is 0 Å². The minimum absolute atomic E-state index is 0.338. The molecule has 4 N–H and O–H groups in total. The average molecular weight is 257 g/mol. The molecule has 0 aromatic heterocycles. The summed E-state index contributed by atoms with van der Waals surface area (Å²) in [6, 6.07) is 3.43. The van der Waals surface area contributed by atoms with Gasteiger partial charge in [0.2, 0.25) is 10.0 Å². The molecule has 17 heavy (non-hydrogen) atoms. The summed E-state index contributed by atoms with van der Waals surface area (Å²) in [5.41, 5.74) is 4.58. The van der Waals surface area contributed by atoms with Crippen LogP contribution in [-0.2, 0) is 10.0 Å². The molecule has 0 amide bonds. The fraction of sp³-hybridized carbons (Fsp3) is 0.455. The SMILES string of the molecule is CCCNS(=O)(=O)c1c(C)cc(NN)cc1C. The molecule has 0 aliphatic carbocycles. The second-order valence-electron chi connectivity index (χ2n) is 3.98. The van der Waals surface area contributed by atoms with Crippen LogP contribution in [0.2, 0.25) is 0 Å². The van der Waals surface area contributed by atoms with E-state index in [9.17, 15) is 8.42 Å². The van der Waals surface area contributed by atoms with E-state index in [1.807, 2.05) is 6.92 Å². The lowest BCUT2D eigenvalue weighted by Gasteiger charge is -2.13. The molecule has 0 bridgehead atoms. The van der Waals surface area contributed by atoms with Crippen molar-refractivity contribution in [3.63, 3.8) is 0 Å². The number of hydrogen-bond donors (Lipinski definition) is 3. The summed E-state index contributed by atoms with van der Waals surface area (Å²) in [5.74, 6) is 5.31. The maximum atomic E-state index is 12.1. The van der Waals surface area contributed by atoms with Crippen LogP contribution in [0, 0.1) is 13.8 Å². The van der Waals surface area contributed by atoms with E-state index in [0.717, 1.165) is 6.42 Å². The van der Waals surface area contributed by atoms with Crippen molar-refractivity contribution in [2.24, 2.45) is 5.84 Å². The van der Waals surface area contributed by atoms with E-state index in [1.165, 1.54) is 0 Å². The Kier molecular flexibility index (Phi) is 4.50. The molecule has 0 radical (unpaired) electrons. The van der Waals surface area contributed by atoms with Gasteiger partial charge in [-0.25, -0.2) is 13.1 Å². The monoisotopic (exact) mass is 257 g/mol. The number of sulfonamides is 1. The minimum Gasteiger partial charge on any atom is -0.324 e. The van der Waals surface area contributed by atoms with Gasteiger partial charge in [0.25, 0.3) is 0 Å². The minimum atomic E-state index is -3.43. The zero-order valence-corrected chi connectivity index (χ0v) is 11.2. The molecule has 96 valence electrons. The molecule has 0 saturated heterocycles. The molecule has 0 unspecified atom stereocenters. The molecular formula is C11H19N3O2S. The Morgan fingerprint density at radius 3 is 2.18 bits per heavy atom. The van der Waals surface area contributed by atoms with Crippen LogP contribution in [-0.4, -0.2) is 15.0 Å². The Bertz CT molecular complexity index is 474. The molecule has 0 saturated carbocycles. The average Bonchev–Trinajstić information content (AvgIpc) is 2.25. The third-order valence-corrected chi connectivity index (χ3v) is 4.20. The van der Waals surface area contributed by atoms with Crippen LogP contribution in [0.4, 0.5) is 5.69 Å². The first-order chi connectivity index (χ1) is 7.92. The van der Waals surface area contributed by atoms with E-state index in [2.05, 4.69) is 10.1 Å². The highest BCUT2D eigenvalue weighted by Gasteiger charge is 2.19. The molecule has 1 rings (SSSR count). The quantitative estimate of drug-likeness (QED) is 0.548. The van der Waals surface area contributed by atoms with Gasteiger partial charge in [-0.3, -0.25) is 5.84 Å². The smallest absolute Gasteiger partial charge is 0.241 e. The summed E-state index contributed by atoms with van der Waals surface area (Å²) in [7, 11) is -3.43. The number of hydrogen-bond acceptors (Lipinski definition) is 4. The highest BCUT2D eigenvalue weighted by atomic mass is 32.2. The van der Waals surface area contributed by atoms with Crippen molar-refractivity contribution < 1.29 is 8.42 Å². The van der Waals surface area contributed by atoms with Gasteiger partial charge < -0.3 is 5.43 Å². The molecule has 0 aliphatic rings. The highest BCUT2D eigenvalue weighted by Crippen LogP contribution is 2.23. The number of nitrogens with one attached hydrogen (secondary N) is 2. The fourth-order valence-electron chi connectivity index (χ4n) is 1.77. The molecule has 0 atom stereocenters. The van der Waals surface area contributed by atoms with Crippen molar-refractivity contribution in [2.45, 2.75) is 32.1 Å². The molecule has 1 aromatic carbocycles. The van der Waals surface area contributed by atoms with Gasteiger partial charge in [0.15, 0.2) is 0 Å². The van der Waals surface area contributed by atoms with E-state index >= 15 is 0 Å². The van der Waals surface area contributed by atoms with Crippen molar-refractivity contribution in [2.75, 3.05) is 12.0 Å². The number of anilines is 1. The molecule has 0 fully saturated rings. The summed E-state index contributed by atoms with van der Waals surface area (Å²) in [6.45, 7) is 5.88. The first-order valence-corrected chi connectivity index (χ1v) is 6.98. The van der Waals surface area contributed by atoms with Crippen molar-refractivity contribution in [1.82, 2.24) is 4.72 Å². The topological polar surface area (TPSA) is 84.2 Å². The summed E-state index contributed by atoms with van der Waals surface area (Å²) in [4.78, 5) is 0.338. The number of nitrogens with two attached hydrogens (primary N) is 1. The van der Waals surface area contributed by atoms with Crippen molar-refractivity contribution >= 4 is 15.7 Å². The molecular weight excluding hydrogens is 238 g/mol. The Morgan fingerprint density at radius 1 is 1.24 bits per heavy atom. The number of aryl methyl sites for hydroxylation is 2. The van der Waals surface area contributed by atoms with E-state index in [4.69, 9.17) is 5.84 Å². The molecule has 0 heterocycles. The predicted octanol–water partition coefficient (Wildman–Crippen LogP) is 1.28. The summed E-state index contributed by atoms with van der Waals surface area (Å²) >= 11 is 0. The Morgan fingerprint density at radius 2 is 1.76 bits per heavy atom. The molecule has 0 spiro atoms. The second-order valence-corrected chi connectivity index (χ2v) is 5.69. The first kappa shape index (κ1) is 14.0. The lowest BCUT2D eigenvalue weighted by molar-refractivity contribution is 0.579. The van der Waals surface area contributed by atoms with Gasteiger partial charge in [0.05, 0.1) is 4.90 Å². The van der Waals surface area contributed by atoms with Crippen LogP contribution in [0.1, 0.15) is 24.5 Å². The highest BCUT2D eigenvalue weighted by molar-refractivity contribution is 7.89. The van der Waals surface area contributed by atoms with E-state index in [-0.39, 0.29) is 0 Å². The van der Waals surface area contributed by atoms with Crippen LogP contribution in [0.5, 0.6) is 0 Å². The van der Waals surface area contributed by atoms with Gasteiger partial charge in [-0.2, -0.15) is 0 Å². The third-order valence-electron chi connectivity index (χ3n) is 2.44. The Labute approximate surface area is 102 Å². The van der Waals surface area contributed by atoms with Crippen LogP contribution < -0.4 is 16.0 Å². The van der Waals surface area contributed by atoms with Crippen LogP contribution >= 0.6 is 0 Å². The zero-order chi connectivity index (χ0) is 13.1. The maximum absolute atomic E-state index is 12.1. The second kappa shape index (κ2) is 5.48. The molecule has 0 aliphatic heterocycles. The predicted molar refractivity (Wildman–Crippen MR) is 69.2 cm³/mol. The van der Waals surface area contributed by atoms with E-state index < -0.39 is 10.0 Å². The first-order valence-electron chi connectivity index (χ1n) is 5.50. The number of rotatable bonds is 5. The Balaban J connectivity index is 3.23. The molecule has 5 nitrogen and oxygen atoms in total. The lowest BCUT2D eigenvalue weighted by atomic mass is 10.1. The van der Waals surface area contributed by atoms with Crippen molar-refractivity contribution in [1.29, 1.82) is 0 Å². The van der Waals surface area contributed by atoms with Crippen LogP contribution in [0.25, 0.3) is 0 Å². The summed E-state index contributed by atoms with van der Waals surface area (Å²) in [5, 5.41) is 0. The summed E-state index contributed by atoms with van der Waals surface area (Å²) < 4.78 is 26.7. The third kappa shape index (κ3) is 3.18. The van der Waals surface area contributed by atoms with Gasteiger partial charge in [-0.05, 0) is 43.5 Å². The van der Waals surface area contributed by atoms with Gasteiger partial charge in [0.1, 0.15) is 0 Å². The largest absolute Gasteiger partial charge is 0.324 e. The zero-order valence-electron chi connectivity index (χ0n) is 10.4. The van der Waals surface area contributed by atoms with E-state index in [0.29, 0.717) is 28.3 Å². The van der Waals surface area contributed by atoms with Crippen LogP contribution in [0.15, 0.2) is 17.0 Å². The van der Waals surface area contributed by atoms with Gasteiger partial charge in [-0.15, -0.1) is 0 Å². The number of nitrogen functional groups attached to an aromatic ring is 1. The fourth-order valence-corrected chi connectivity index (χ4v) is 3.35. The lowest BCUT2D eigenvalue weighted by Crippen LogP contribution is -2.26. The van der Waals surface area contributed by atoms with Gasteiger partial charge >= 0.3 is 0 Å². The molecule has 1 aromatic rings. The number of hydrazine groups is 1. The van der Waals surface area contributed by atoms with Gasteiger partial charge in [-0.1, -0.05) is 6.92 Å². The normalized spacial score (nSPS) is 11.5. The van der Waals surface area contributed by atoms with Crippen molar-refractivity contribution in [3.8, 4) is 0 Å². The number of benzene rings is 1. The Hall–Kier alpha value is -1.11. The van der Waals surface area contributed by atoms with E-state index in [1.54, 1.807) is 26.0 Å². The van der Waals surface area contributed by atoms with Gasteiger partial charge in [0, 0.05) is 12.2 Å². The molecule has 6 heteroatoms. The summed E-state index contributed by atoms with van der Waals surface area (Å²) in [6.07, 6.45) is 0.764.